The zero-order valence-electron chi connectivity index (χ0n) is 11.0. The van der Waals surface area contributed by atoms with Crippen LogP contribution in [-0.2, 0) is 4.79 Å². The molecule has 0 N–H and O–H groups in total. The van der Waals surface area contributed by atoms with Gasteiger partial charge in [-0.1, -0.05) is 26.2 Å². The van der Waals surface area contributed by atoms with Crippen LogP contribution in [0.2, 0.25) is 0 Å². The fourth-order valence-electron chi connectivity index (χ4n) is 2.73. The maximum absolute atomic E-state index is 10.8. The van der Waals surface area contributed by atoms with E-state index in [2.05, 4.69) is 11.8 Å². The van der Waals surface area contributed by atoms with E-state index in [-0.39, 0.29) is 0 Å². The minimum Gasteiger partial charge on any atom is -0.301 e. The molecule has 0 amide bonds. The van der Waals surface area contributed by atoms with Gasteiger partial charge in [0.25, 0.3) is 0 Å². The van der Waals surface area contributed by atoms with Gasteiger partial charge in [-0.2, -0.15) is 0 Å². The molecule has 1 aliphatic rings. The fourth-order valence-corrected chi connectivity index (χ4v) is 2.73. The third-order valence-corrected chi connectivity index (χ3v) is 3.72. The van der Waals surface area contributed by atoms with Crippen LogP contribution >= 0.6 is 0 Å². The Hall–Kier alpha value is -0.370. The van der Waals surface area contributed by atoms with E-state index in [9.17, 15) is 4.79 Å². The summed E-state index contributed by atoms with van der Waals surface area (Å²) < 4.78 is 0. The van der Waals surface area contributed by atoms with Gasteiger partial charge in [0.05, 0.1) is 0 Å². The second-order valence-corrected chi connectivity index (χ2v) is 5.08. The minimum absolute atomic E-state index is 0.334. The number of Topliss-reactive ketones (excluding diaryl/α,β-unsaturated/α-hetero) is 1. The van der Waals surface area contributed by atoms with Crippen molar-refractivity contribution in [2.75, 3.05) is 13.1 Å². The Morgan fingerprint density at radius 3 is 2.44 bits per heavy atom. The van der Waals surface area contributed by atoms with Crippen molar-refractivity contribution in [2.45, 2.75) is 71.3 Å². The maximum atomic E-state index is 10.8. The lowest BCUT2D eigenvalue weighted by atomic mass is 9.94. The number of ketones is 1. The number of carbonyl (C=O) groups is 1. The number of carbonyl (C=O) groups excluding carboxylic acids is 1. The van der Waals surface area contributed by atoms with Crippen molar-refractivity contribution in [1.82, 2.24) is 4.90 Å². The number of unbranched alkanes of at least 4 members (excludes halogenated alkanes) is 1. The van der Waals surface area contributed by atoms with Crippen LogP contribution in [-0.4, -0.2) is 29.8 Å². The number of nitrogens with zero attached hydrogens (tertiary/aromatic N) is 1. The Kier molecular flexibility index (Phi) is 6.70. The Bertz CT molecular complexity index is 197. The molecule has 94 valence electrons. The molecule has 0 radical (unpaired) electrons. The Labute approximate surface area is 100 Å². The van der Waals surface area contributed by atoms with Crippen molar-refractivity contribution >= 4 is 5.78 Å². The molecule has 0 spiro atoms. The van der Waals surface area contributed by atoms with Crippen molar-refractivity contribution in [3.05, 3.63) is 0 Å². The highest BCUT2D eigenvalue weighted by Gasteiger charge is 2.18. The van der Waals surface area contributed by atoms with E-state index >= 15 is 0 Å². The molecule has 0 heterocycles. The molecule has 0 aromatic rings. The molecule has 0 aromatic carbocycles. The molecule has 0 saturated heterocycles. The van der Waals surface area contributed by atoms with Gasteiger partial charge in [0.1, 0.15) is 5.78 Å². The number of hydrogen-bond acceptors (Lipinski definition) is 2. The van der Waals surface area contributed by atoms with Crippen LogP contribution in [0.15, 0.2) is 0 Å². The van der Waals surface area contributed by atoms with Crippen LogP contribution in [0.25, 0.3) is 0 Å². The predicted octanol–water partition coefficient (Wildman–Crippen LogP) is 3.40. The van der Waals surface area contributed by atoms with Gasteiger partial charge in [0.2, 0.25) is 0 Å². The van der Waals surface area contributed by atoms with Crippen molar-refractivity contribution in [3.8, 4) is 0 Å². The summed E-state index contributed by atoms with van der Waals surface area (Å²) in [6.45, 7) is 6.32. The van der Waals surface area contributed by atoms with E-state index in [1.807, 2.05) is 0 Å². The molecule has 1 fully saturated rings. The summed E-state index contributed by atoms with van der Waals surface area (Å²) in [7, 11) is 0. The smallest absolute Gasteiger partial charge is 0.129 e. The molecular weight excluding hydrogens is 198 g/mol. The van der Waals surface area contributed by atoms with Crippen molar-refractivity contribution in [1.29, 1.82) is 0 Å². The largest absolute Gasteiger partial charge is 0.301 e. The first kappa shape index (κ1) is 13.7. The third-order valence-electron chi connectivity index (χ3n) is 3.72. The highest BCUT2D eigenvalue weighted by Crippen LogP contribution is 2.22. The van der Waals surface area contributed by atoms with Crippen LogP contribution in [0.5, 0.6) is 0 Å². The van der Waals surface area contributed by atoms with Crippen LogP contribution in [0.1, 0.15) is 65.2 Å². The monoisotopic (exact) mass is 225 g/mol. The summed E-state index contributed by atoms with van der Waals surface area (Å²) in [4.78, 5) is 13.5. The average Bonchev–Trinajstić information content (AvgIpc) is 2.30. The Balaban J connectivity index is 2.17. The van der Waals surface area contributed by atoms with Gasteiger partial charge in [-0.25, -0.2) is 0 Å². The molecule has 0 aliphatic heterocycles. The molecule has 0 bridgehead atoms. The summed E-state index contributed by atoms with van der Waals surface area (Å²) in [6.07, 6.45) is 10.0. The average molecular weight is 225 g/mol. The summed E-state index contributed by atoms with van der Waals surface area (Å²) in [5.41, 5.74) is 0. The van der Waals surface area contributed by atoms with E-state index in [1.54, 1.807) is 6.92 Å². The van der Waals surface area contributed by atoms with Gasteiger partial charge in [0.15, 0.2) is 0 Å². The molecular formula is C14H27NO. The molecule has 0 atom stereocenters. The van der Waals surface area contributed by atoms with Crippen molar-refractivity contribution in [2.24, 2.45) is 0 Å². The molecule has 2 heteroatoms. The first-order valence-electron chi connectivity index (χ1n) is 6.97. The topological polar surface area (TPSA) is 20.3 Å². The molecule has 16 heavy (non-hydrogen) atoms. The molecule has 1 rings (SSSR count). The van der Waals surface area contributed by atoms with Gasteiger partial charge < -0.3 is 9.69 Å². The van der Waals surface area contributed by atoms with E-state index in [0.29, 0.717) is 5.78 Å². The second-order valence-electron chi connectivity index (χ2n) is 5.08. The van der Waals surface area contributed by atoms with E-state index in [1.165, 1.54) is 51.6 Å². The van der Waals surface area contributed by atoms with E-state index < -0.39 is 0 Å². The van der Waals surface area contributed by atoms with Crippen LogP contribution in [0, 0.1) is 0 Å². The number of hydrogen-bond donors (Lipinski definition) is 0. The third kappa shape index (κ3) is 5.11. The quantitative estimate of drug-likeness (QED) is 0.619. The lowest BCUT2D eigenvalue weighted by molar-refractivity contribution is -0.117. The molecule has 0 unspecified atom stereocenters. The van der Waals surface area contributed by atoms with E-state index in [4.69, 9.17) is 0 Å². The van der Waals surface area contributed by atoms with Crippen LogP contribution < -0.4 is 0 Å². The fraction of sp³-hybridized carbons (Fsp3) is 0.929. The molecule has 2 nitrogen and oxygen atoms in total. The Morgan fingerprint density at radius 1 is 1.19 bits per heavy atom. The minimum atomic E-state index is 0.334. The SMILES string of the molecule is CCN(CCCCC(C)=O)C1CCCCC1. The lowest BCUT2D eigenvalue weighted by Gasteiger charge is -2.33. The van der Waals surface area contributed by atoms with E-state index in [0.717, 1.165) is 18.9 Å². The number of rotatable bonds is 7. The van der Waals surface area contributed by atoms with Gasteiger partial charge in [0, 0.05) is 12.5 Å². The standard InChI is InChI=1S/C14H27NO/c1-3-15(12-8-7-9-13(2)16)14-10-5-4-6-11-14/h14H,3-12H2,1-2H3. The first-order chi connectivity index (χ1) is 7.74. The summed E-state index contributed by atoms with van der Waals surface area (Å²) in [6, 6.07) is 0.830. The predicted molar refractivity (Wildman–Crippen MR) is 68.7 cm³/mol. The van der Waals surface area contributed by atoms with Gasteiger partial charge in [-0.15, -0.1) is 0 Å². The highest BCUT2D eigenvalue weighted by atomic mass is 16.1. The molecule has 0 aromatic heterocycles. The molecule has 1 saturated carbocycles. The van der Waals surface area contributed by atoms with Gasteiger partial charge in [-0.3, -0.25) is 0 Å². The van der Waals surface area contributed by atoms with Crippen LogP contribution in [0.4, 0.5) is 0 Å². The highest BCUT2D eigenvalue weighted by molar-refractivity contribution is 5.75. The van der Waals surface area contributed by atoms with Crippen LogP contribution in [0.3, 0.4) is 0 Å². The van der Waals surface area contributed by atoms with Gasteiger partial charge >= 0.3 is 0 Å². The normalized spacial score (nSPS) is 17.9. The van der Waals surface area contributed by atoms with Crippen molar-refractivity contribution in [3.63, 3.8) is 0 Å². The zero-order valence-corrected chi connectivity index (χ0v) is 11.0. The zero-order chi connectivity index (χ0) is 11.8. The summed E-state index contributed by atoms with van der Waals surface area (Å²) >= 11 is 0. The Morgan fingerprint density at radius 2 is 1.88 bits per heavy atom. The van der Waals surface area contributed by atoms with Crippen molar-refractivity contribution < 1.29 is 4.79 Å². The first-order valence-corrected chi connectivity index (χ1v) is 6.97. The maximum Gasteiger partial charge on any atom is 0.129 e. The molecule has 1 aliphatic carbocycles. The lowest BCUT2D eigenvalue weighted by Crippen LogP contribution is -2.37. The summed E-state index contributed by atoms with van der Waals surface area (Å²) in [5.74, 6) is 0.334. The second kappa shape index (κ2) is 7.83. The summed E-state index contributed by atoms with van der Waals surface area (Å²) in [5, 5.41) is 0. The van der Waals surface area contributed by atoms with Gasteiger partial charge in [-0.05, 0) is 45.7 Å².